The number of rotatable bonds is 0. The largest absolute Gasteiger partial charge is 0.374 e. The first-order valence-corrected chi connectivity index (χ1v) is 4.99. The fraction of sp³-hybridized carbons (Fsp3) is 0.900. The quantitative estimate of drug-likeness (QED) is 0.545. The molecule has 1 heterocycles. The van der Waals surface area contributed by atoms with E-state index in [1.165, 1.54) is 6.42 Å². The van der Waals surface area contributed by atoms with Crippen LogP contribution in [0.25, 0.3) is 0 Å². The van der Waals surface area contributed by atoms with Crippen LogP contribution in [0.3, 0.4) is 0 Å². The van der Waals surface area contributed by atoms with Crippen LogP contribution in [0.15, 0.2) is 0 Å². The van der Waals surface area contributed by atoms with Crippen LogP contribution in [-0.2, 0) is 9.53 Å². The number of hydrogen-bond acceptors (Lipinski definition) is 2. The first kappa shape index (κ1) is 7.07. The monoisotopic (exact) mass is 166 g/mol. The third-order valence-corrected chi connectivity index (χ3v) is 4.02. The summed E-state index contributed by atoms with van der Waals surface area (Å²) < 4.78 is 5.79. The summed E-state index contributed by atoms with van der Waals surface area (Å²) in [6.07, 6.45) is 5.34. The molecule has 3 atom stereocenters. The van der Waals surface area contributed by atoms with E-state index < -0.39 is 0 Å². The summed E-state index contributed by atoms with van der Waals surface area (Å²) >= 11 is 0. The van der Waals surface area contributed by atoms with E-state index in [1.807, 2.05) is 0 Å². The van der Waals surface area contributed by atoms with Crippen LogP contribution in [0.1, 0.15) is 32.1 Å². The van der Waals surface area contributed by atoms with Gasteiger partial charge in [-0.2, -0.15) is 0 Å². The molecule has 2 heteroatoms. The summed E-state index contributed by atoms with van der Waals surface area (Å²) in [6.45, 7) is 0.897. The lowest BCUT2D eigenvalue weighted by Gasteiger charge is -2.53. The van der Waals surface area contributed by atoms with Gasteiger partial charge in [0.2, 0.25) is 0 Å². The van der Waals surface area contributed by atoms with Crippen molar-refractivity contribution in [2.45, 2.75) is 37.7 Å². The second kappa shape index (κ2) is 2.11. The molecule has 0 bridgehead atoms. The van der Waals surface area contributed by atoms with Crippen molar-refractivity contribution in [1.29, 1.82) is 0 Å². The second-order valence-corrected chi connectivity index (χ2v) is 4.40. The number of ketones is 1. The van der Waals surface area contributed by atoms with Gasteiger partial charge in [-0.15, -0.1) is 0 Å². The van der Waals surface area contributed by atoms with E-state index in [2.05, 4.69) is 0 Å². The summed E-state index contributed by atoms with van der Waals surface area (Å²) in [5, 5.41) is 0. The average molecular weight is 166 g/mol. The highest BCUT2D eigenvalue weighted by Crippen LogP contribution is 2.57. The van der Waals surface area contributed by atoms with Gasteiger partial charge in [0.15, 0.2) is 0 Å². The van der Waals surface area contributed by atoms with Crippen molar-refractivity contribution >= 4 is 5.78 Å². The van der Waals surface area contributed by atoms with E-state index in [1.54, 1.807) is 0 Å². The molecule has 2 saturated carbocycles. The summed E-state index contributed by atoms with van der Waals surface area (Å²) in [4.78, 5) is 11.5. The van der Waals surface area contributed by atoms with Crippen molar-refractivity contribution in [2.75, 3.05) is 6.61 Å². The highest BCUT2D eigenvalue weighted by molar-refractivity contribution is 5.84. The SMILES string of the molecule is O=C1CCC[C@@]23OCC[C@@H]2C[C@@H]13. The summed E-state index contributed by atoms with van der Waals surface area (Å²) in [5.74, 6) is 1.49. The molecule has 0 radical (unpaired) electrons. The number of carbonyl (C=O) groups excluding carboxylic acids is 1. The molecule has 1 spiro atoms. The maximum atomic E-state index is 11.5. The molecule has 0 aromatic rings. The molecule has 3 fully saturated rings. The van der Waals surface area contributed by atoms with Crippen molar-refractivity contribution < 1.29 is 9.53 Å². The Balaban J connectivity index is 1.92. The summed E-state index contributed by atoms with van der Waals surface area (Å²) in [6, 6.07) is 0. The predicted molar refractivity (Wildman–Crippen MR) is 43.8 cm³/mol. The molecule has 2 aliphatic carbocycles. The van der Waals surface area contributed by atoms with Gasteiger partial charge in [0.1, 0.15) is 5.78 Å². The molecule has 3 aliphatic rings. The standard InChI is InChI=1S/C10H14O2/c11-9-2-1-4-10-7(3-5-12-10)6-8(9)10/h7-8H,1-6H2/t7-,8+,10-/m1/s1. The number of Topliss-reactive ketones (excluding diaryl/α,β-unsaturated/α-hetero) is 1. The van der Waals surface area contributed by atoms with Gasteiger partial charge in [-0.1, -0.05) is 0 Å². The number of hydrogen-bond donors (Lipinski definition) is 0. The van der Waals surface area contributed by atoms with Gasteiger partial charge < -0.3 is 4.74 Å². The van der Waals surface area contributed by atoms with Gasteiger partial charge in [-0.25, -0.2) is 0 Å². The van der Waals surface area contributed by atoms with Crippen molar-refractivity contribution in [3.05, 3.63) is 0 Å². The first-order chi connectivity index (χ1) is 5.83. The van der Waals surface area contributed by atoms with Crippen molar-refractivity contribution in [1.82, 2.24) is 0 Å². The molecule has 3 rings (SSSR count). The molecule has 1 saturated heterocycles. The van der Waals surface area contributed by atoms with Crippen molar-refractivity contribution in [2.24, 2.45) is 11.8 Å². The first-order valence-electron chi connectivity index (χ1n) is 4.99. The van der Waals surface area contributed by atoms with Crippen LogP contribution in [0.2, 0.25) is 0 Å². The van der Waals surface area contributed by atoms with Crippen LogP contribution in [-0.4, -0.2) is 18.0 Å². The minimum Gasteiger partial charge on any atom is -0.374 e. The van der Waals surface area contributed by atoms with E-state index in [4.69, 9.17) is 4.74 Å². The van der Waals surface area contributed by atoms with Gasteiger partial charge in [-0.3, -0.25) is 4.79 Å². The Labute approximate surface area is 72.3 Å². The molecular formula is C10H14O2. The molecule has 1 aliphatic heterocycles. The molecule has 0 N–H and O–H groups in total. The average Bonchev–Trinajstić information content (AvgIpc) is 2.33. The molecule has 2 nitrogen and oxygen atoms in total. The Morgan fingerprint density at radius 3 is 3.25 bits per heavy atom. The number of carbonyl (C=O) groups is 1. The fourth-order valence-corrected chi connectivity index (χ4v) is 3.35. The summed E-state index contributed by atoms with van der Waals surface area (Å²) in [7, 11) is 0. The Kier molecular flexibility index (Phi) is 1.24. The lowest BCUT2D eigenvalue weighted by atomic mass is 9.55. The Bertz CT molecular complexity index is 236. The van der Waals surface area contributed by atoms with E-state index in [0.717, 1.165) is 38.2 Å². The third-order valence-electron chi connectivity index (χ3n) is 4.02. The second-order valence-electron chi connectivity index (χ2n) is 4.40. The summed E-state index contributed by atoms with van der Waals surface area (Å²) in [5.41, 5.74) is 0.0509. The Morgan fingerprint density at radius 1 is 1.50 bits per heavy atom. The molecule has 0 aromatic carbocycles. The topological polar surface area (TPSA) is 26.3 Å². The highest BCUT2D eigenvalue weighted by atomic mass is 16.5. The zero-order chi connectivity index (χ0) is 8.18. The molecule has 12 heavy (non-hydrogen) atoms. The smallest absolute Gasteiger partial charge is 0.138 e. The molecule has 0 amide bonds. The van der Waals surface area contributed by atoms with E-state index in [0.29, 0.717) is 11.7 Å². The van der Waals surface area contributed by atoms with E-state index in [-0.39, 0.29) is 5.60 Å². The zero-order valence-electron chi connectivity index (χ0n) is 7.21. The molecule has 0 aromatic heterocycles. The normalized spacial score (nSPS) is 51.2. The molecule has 0 unspecified atom stereocenters. The Hall–Kier alpha value is -0.370. The van der Waals surface area contributed by atoms with Crippen LogP contribution >= 0.6 is 0 Å². The predicted octanol–water partition coefficient (Wildman–Crippen LogP) is 1.53. The number of ether oxygens (including phenoxy) is 1. The Morgan fingerprint density at radius 2 is 2.42 bits per heavy atom. The van der Waals surface area contributed by atoms with Gasteiger partial charge in [-0.05, 0) is 31.6 Å². The van der Waals surface area contributed by atoms with Crippen LogP contribution in [0.5, 0.6) is 0 Å². The van der Waals surface area contributed by atoms with Crippen molar-refractivity contribution in [3.63, 3.8) is 0 Å². The van der Waals surface area contributed by atoms with E-state index >= 15 is 0 Å². The molecule has 66 valence electrons. The van der Waals surface area contributed by atoms with E-state index in [9.17, 15) is 4.79 Å². The lowest BCUT2D eigenvalue weighted by molar-refractivity contribution is -0.172. The van der Waals surface area contributed by atoms with Crippen molar-refractivity contribution in [3.8, 4) is 0 Å². The minimum atomic E-state index is 0.0509. The van der Waals surface area contributed by atoms with Gasteiger partial charge in [0.05, 0.1) is 5.60 Å². The fourth-order valence-electron chi connectivity index (χ4n) is 3.35. The van der Waals surface area contributed by atoms with Crippen LogP contribution in [0.4, 0.5) is 0 Å². The van der Waals surface area contributed by atoms with Crippen LogP contribution in [0, 0.1) is 11.8 Å². The zero-order valence-corrected chi connectivity index (χ0v) is 7.21. The van der Waals surface area contributed by atoms with Crippen LogP contribution < -0.4 is 0 Å². The minimum absolute atomic E-state index is 0.0509. The van der Waals surface area contributed by atoms with Gasteiger partial charge in [0.25, 0.3) is 0 Å². The maximum absolute atomic E-state index is 11.5. The lowest BCUT2D eigenvalue weighted by Crippen LogP contribution is -2.58. The van der Waals surface area contributed by atoms with Gasteiger partial charge in [0, 0.05) is 18.9 Å². The highest BCUT2D eigenvalue weighted by Gasteiger charge is 2.62. The maximum Gasteiger partial charge on any atom is 0.138 e. The van der Waals surface area contributed by atoms with Gasteiger partial charge >= 0.3 is 0 Å². The molecular weight excluding hydrogens is 152 g/mol. The third kappa shape index (κ3) is 0.634.